The van der Waals surface area contributed by atoms with Gasteiger partial charge in [-0.2, -0.15) is 0 Å². The molecular formula is C28H27NO4. The van der Waals surface area contributed by atoms with Crippen molar-refractivity contribution in [3.63, 3.8) is 0 Å². The lowest BCUT2D eigenvalue weighted by Crippen LogP contribution is -2.48. The SMILES string of the molecule is Cc1cc(C)cc(OC(=O)C(Cc2ccccc2)N2C(=O)C3C4C=CC(C5CC45)C3C2=O)c1. The van der Waals surface area contributed by atoms with E-state index in [1.165, 1.54) is 4.90 Å². The molecule has 2 saturated carbocycles. The lowest BCUT2D eigenvalue weighted by Gasteiger charge is -2.37. The number of hydrogen-bond donors (Lipinski definition) is 0. The normalized spacial score (nSPS) is 31.9. The fourth-order valence-corrected chi connectivity index (χ4v) is 6.58. The highest BCUT2D eigenvalue weighted by molar-refractivity contribution is 6.09. The molecule has 5 aliphatic rings. The maximum Gasteiger partial charge on any atom is 0.335 e. The van der Waals surface area contributed by atoms with E-state index in [0.717, 1.165) is 23.1 Å². The zero-order valence-electron chi connectivity index (χ0n) is 18.8. The van der Waals surface area contributed by atoms with Crippen LogP contribution in [0.5, 0.6) is 5.75 Å². The van der Waals surface area contributed by atoms with Gasteiger partial charge in [0.25, 0.3) is 0 Å². The summed E-state index contributed by atoms with van der Waals surface area (Å²) in [4.78, 5) is 42.1. The van der Waals surface area contributed by atoms with Gasteiger partial charge in [0.1, 0.15) is 11.8 Å². The van der Waals surface area contributed by atoms with Gasteiger partial charge in [0.15, 0.2) is 0 Å². The predicted octanol–water partition coefficient (Wildman–Crippen LogP) is 3.87. The van der Waals surface area contributed by atoms with Crippen molar-refractivity contribution in [2.45, 2.75) is 32.7 Å². The molecule has 1 heterocycles. The number of allylic oxidation sites excluding steroid dienone is 2. The lowest BCUT2D eigenvalue weighted by atomic mass is 9.63. The van der Waals surface area contributed by atoms with Gasteiger partial charge >= 0.3 is 5.97 Å². The first-order chi connectivity index (χ1) is 15.9. The van der Waals surface area contributed by atoms with Gasteiger partial charge in [-0.1, -0.05) is 48.6 Å². The van der Waals surface area contributed by atoms with Crippen LogP contribution in [0.1, 0.15) is 23.1 Å². The molecule has 7 rings (SSSR count). The molecule has 2 aromatic carbocycles. The highest BCUT2D eigenvalue weighted by atomic mass is 16.5. The summed E-state index contributed by atoms with van der Waals surface area (Å²) in [5, 5.41) is 0. The third-order valence-electron chi connectivity index (χ3n) is 7.97. The van der Waals surface area contributed by atoms with Gasteiger partial charge in [-0.15, -0.1) is 0 Å². The Balaban J connectivity index is 1.34. The van der Waals surface area contributed by atoms with Crippen LogP contribution in [-0.2, 0) is 20.8 Å². The summed E-state index contributed by atoms with van der Waals surface area (Å²) in [6, 6.07) is 14.2. The summed E-state index contributed by atoms with van der Waals surface area (Å²) in [6.07, 6.45) is 5.65. The number of benzene rings is 2. The van der Waals surface area contributed by atoms with Gasteiger partial charge in [0.2, 0.25) is 11.8 Å². The zero-order valence-corrected chi connectivity index (χ0v) is 18.8. The van der Waals surface area contributed by atoms with Crippen LogP contribution in [-0.4, -0.2) is 28.7 Å². The molecule has 5 nitrogen and oxygen atoms in total. The highest BCUT2D eigenvalue weighted by Crippen LogP contribution is 2.65. The minimum Gasteiger partial charge on any atom is -0.425 e. The molecule has 4 aliphatic carbocycles. The Hall–Kier alpha value is -3.21. The van der Waals surface area contributed by atoms with E-state index in [1.54, 1.807) is 12.1 Å². The molecule has 5 heteroatoms. The molecule has 1 aliphatic heterocycles. The van der Waals surface area contributed by atoms with Crippen LogP contribution in [0, 0.1) is 49.4 Å². The summed E-state index contributed by atoms with van der Waals surface area (Å²) in [6.45, 7) is 3.89. The van der Waals surface area contributed by atoms with Crippen LogP contribution in [0.2, 0.25) is 0 Å². The van der Waals surface area contributed by atoms with Crippen LogP contribution >= 0.6 is 0 Å². The topological polar surface area (TPSA) is 63.7 Å². The van der Waals surface area contributed by atoms with Gasteiger partial charge in [0.05, 0.1) is 11.8 Å². The van der Waals surface area contributed by atoms with Crippen molar-refractivity contribution in [3.05, 3.63) is 77.4 Å². The second kappa shape index (κ2) is 7.41. The first-order valence-corrected chi connectivity index (χ1v) is 11.8. The molecule has 1 saturated heterocycles. The van der Waals surface area contributed by atoms with E-state index in [2.05, 4.69) is 12.2 Å². The van der Waals surface area contributed by atoms with E-state index in [4.69, 9.17) is 4.74 Å². The average Bonchev–Trinajstić information content (AvgIpc) is 3.56. The van der Waals surface area contributed by atoms with Gasteiger partial charge < -0.3 is 4.74 Å². The second-order valence-corrected chi connectivity index (χ2v) is 10.2. The van der Waals surface area contributed by atoms with Gasteiger partial charge in [0, 0.05) is 6.42 Å². The number of hydrogen-bond acceptors (Lipinski definition) is 4. The Morgan fingerprint density at radius 3 is 2.09 bits per heavy atom. The van der Waals surface area contributed by atoms with Crippen LogP contribution in [0.4, 0.5) is 0 Å². The highest BCUT2D eigenvalue weighted by Gasteiger charge is 2.68. The summed E-state index contributed by atoms with van der Waals surface area (Å²) < 4.78 is 5.77. The van der Waals surface area contributed by atoms with Crippen molar-refractivity contribution in [3.8, 4) is 5.75 Å². The van der Waals surface area contributed by atoms with Crippen molar-refractivity contribution in [2.75, 3.05) is 0 Å². The molecule has 0 radical (unpaired) electrons. The number of aryl methyl sites for hydroxylation is 2. The third kappa shape index (κ3) is 3.25. The first-order valence-electron chi connectivity index (χ1n) is 11.8. The smallest absolute Gasteiger partial charge is 0.335 e. The van der Waals surface area contributed by atoms with Crippen molar-refractivity contribution < 1.29 is 19.1 Å². The number of imide groups is 1. The summed E-state index contributed by atoms with van der Waals surface area (Å²) in [5.41, 5.74) is 2.86. The number of nitrogens with zero attached hydrogens (tertiary/aromatic N) is 1. The van der Waals surface area contributed by atoms with Gasteiger partial charge in [-0.3, -0.25) is 14.5 Å². The fraction of sp³-hybridized carbons (Fsp3) is 0.393. The van der Waals surface area contributed by atoms with E-state index in [-0.39, 0.29) is 41.9 Å². The maximum absolute atomic E-state index is 13.7. The number of esters is 1. The largest absolute Gasteiger partial charge is 0.425 e. The predicted molar refractivity (Wildman–Crippen MR) is 122 cm³/mol. The third-order valence-corrected chi connectivity index (χ3v) is 7.97. The molecular weight excluding hydrogens is 414 g/mol. The minimum atomic E-state index is -0.977. The standard InChI is InChI=1S/C28H27NO4/c1-15-10-16(2)12-18(11-15)33-28(32)23(13-17-6-4-3-5-7-17)29-26(30)24-19-8-9-20(22-14-21(19)22)25(24)27(29)31/h3-12,19-25H,13-14H2,1-2H3. The number of carbonyl (C=O) groups excluding carboxylic acids is 3. The Morgan fingerprint density at radius 1 is 0.939 bits per heavy atom. The number of likely N-dealkylation sites (tertiary alicyclic amines) is 1. The lowest BCUT2D eigenvalue weighted by molar-refractivity contribution is -0.153. The Kier molecular flexibility index (Phi) is 4.58. The monoisotopic (exact) mass is 441 g/mol. The molecule has 2 bridgehead atoms. The van der Waals surface area contributed by atoms with Crippen molar-refractivity contribution in [2.24, 2.45) is 35.5 Å². The molecule has 0 aromatic heterocycles. The van der Waals surface area contributed by atoms with Crippen LogP contribution in [0.3, 0.4) is 0 Å². The van der Waals surface area contributed by atoms with Gasteiger partial charge in [-0.05, 0) is 72.8 Å². The quantitative estimate of drug-likeness (QED) is 0.306. The summed E-state index contributed by atoms with van der Waals surface area (Å²) in [5.74, 6) is 0.108. The Bertz CT molecular complexity index is 1130. The van der Waals surface area contributed by atoms with Crippen LogP contribution in [0.15, 0.2) is 60.7 Å². The number of rotatable bonds is 5. The molecule has 3 fully saturated rings. The fourth-order valence-electron chi connectivity index (χ4n) is 6.58. The Labute approximate surface area is 193 Å². The van der Waals surface area contributed by atoms with Crippen molar-refractivity contribution >= 4 is 17.8 Å². The van der Waals surface area contributed by atoms with Crippen molar-refractivity contribution in [1.29, 1.82) is 0 Å². The molecule has 7 atom stereocenters. The molecule has 7 unspecified atom stereocenters. The summed E-state index contributed by atoms with van der Waals surface area (Å²) >= 11 is 0. The second-order valence-electron chi connectivity index (χ2n) is 10.2. The van der Waals surface area contributed by atoms with Crippen LogP contribution in [0.25, 0.3) is 0 Å². The van der Waals surface area contributed by atoms with Crippen molar-refractivity contribution in [1.82, 2.24) is 4.90 Å². The van der Waals surface area contributed by atoms with E-state index >= 15 is 0 Å². The number of amides is 2. The number of ether oxygens (including phenoxy) is 1. The molecule has 2 amide bonds. The van der Waals surface area contributed by atoms with E-state index in [9.17, 15) is 14.4 Å². The molecule has 168 valence electrons. The first kappa shape index (κ1) is 20.4. The molecule has 2 aromatic rings. The minimum absolute atomic E-state index is 0.124. The van der Waals surface area contributed by atoms with Crippen LogP contribution < -0.4 is 4.74 Å². The molecule has 33 heavy (non-hydrogen) atoms. The Morgan fingerprint density at radius 2 is 1.52 bits per heavy atom. The number of carbonyl (C=O) groups is 3. The van der Waals surface area contributed by atoms with E-state index in [1.807, 2.05) is 50.2 Å². The van der Waals surface area contributed by atoms with Gasteiger partial charge in [-0.25, -0.2) is 4.79 Å². The molecule has 0 N–H and O–H groups in total. The summed E-state index contributed by atoms with van der Waals surface area (Å²) in [7, 11) is 0. The maximum atomic E-state index is 13.7. The van der Waals surface area contributed by atoms with E-state index in [0.29, 0.717) is 17.6 Å². The zero-order chi connectivity index (χ0) is 22.9. The molecule has 0 spiro atoms. The average molecular weight is 442 g/mol. The van der Waals surface area contributed by atoms with E-state index < -0.39 is 12.0 Å².